The molecular weight excluding hydrogens is 337 g/mol. The Labute approximate surface area is 129 Å². The first kappa shape index (κ1) is 16.7. The fourth-order valence-corrected chi connectivity index (χ4v) is 4.74. The van der Waals surface area contributed by atoms with Crippen molar-refractivity contribution in [1.29, 1.82) is 0 Å². The Bertz CT molecular complexity index is 295. The van der Waals surface area contributed by atoms with E-state index in [1.54, 1.807) is 0 Å². The van der Waals surface area contributed by atoms with Crippen LogP contribution >= 0.6 is 0 Å². The molecular formula is C14H30IN3. The molecule has 0 aromatic heterocycles. The number of piperidine rings is 3. The molecule has 0 saturated carbocycles. The third-order valence-corrected chi connectivity index (χ3v) is 5.16. The second kappa shape index (κ2) is 4.86. The van der Waals surface area contributed by atoms with E-state index in [1.165, 1.54) is 25.9 Å². The number of halogens is 1. The Morgan fingerprint density at radius 3 is 1.67 bits per heavy atom. The Balaban J connectivity index is 0.00000162. The van der Waals surface area contributed by atoms with Crippen LogP contribution in [0.4, 0.5) is 0 Å². The van der Waals surface area contributed by atoms with Crippen molar-refractivity contribution in [2.24, 2.45) is 23.3 Å². The molecule has 0 radical (unpaired) electrons. The van der Waals surface area contributed by atoms with Crippen molar-refractivity contribution in [1.82, 2.24) is 0 Å². The molecule has 3 heterocycles. The maximum Gasteiger partial charge on any atom is 0.111 e. The first-order valence-corrected chi connectivity index (χ1v) is 6.98. The third-order valence-electron chi connectivity index (χ3n) is 5.16. The number of nitrogens with zero attached hydrogens (tertiary/aromatic N) is 1. The summed E-state index contributed by atoms with van der Waals surface area (Å²) in [6, 6.07) is 0.495. The highest BCUT2D eigenvalue weighted by Crippen LogP contribution is 2.48. The van der Waals surface area contributed by atoms with Gasteiger partial charge >= 0.3 is 0 Å². The van der Waals surface area contributed by atoms with E-state index in [4.69, 9.17) is 11.5 Å². The molecule has 2 atom stereocenters. The van der Waals surface area contributed by atoms with Crippen molar-refractivity contribution in [3.05, 3.63) is 0 Å². The lowest BCUT2D eigenvalue weighted by molar-refractivity contribution is -0.958. The highest BCUT2D eigenvalue weighted by atomic mass is 127. The van der Waals surface area contributed by atoms with Gasteiger partial charge in [0.25, 0.3) is 0 Å². The zero-order chi connectivity index (χ0) is 13.1. The zero-order valence-corrected chi connectivity index (χ0v) is 14.7. The zero-order valence-electron chi connectivity index (χ0n) is 12.5. The molecule has 3 aliphatic rings. The van der Waals surface area contributed by atoms with E-state index in [-0.39, 0.29) is 35.1 Å². The van der Waals surface area contributed by atoms with Crippen LogP contribution in [0.15, 0.2) is 0 Å². The smallest absolute Gasteiger partial charge is 0.111 e. The van der Waals surface area contributed by atoms with E-state index in [0.29, 0.717) is 12.0 Å². The van der Waals surface area contributed by atoms with Gasteiger partial charge in [-0.1, -0.05) is 0 Å². The minimum atomic E-state index is -0.144. The maximum atomic E-state index is 6.50. The van der Waals surface area contributed by atoms with Crippen molar-refractivity contribution >= 4 is 0 Å². The molecule has 0 spiro atoms. The topological polar surface area (TPSA) is 52.0 Å². The van der Waals surface area contributed by atoms with Crippen LogP contribution in [0.3, 0.4) is 0 Å². The molecule has 2 bridgehead atoms. The molecule has 3 nitrogen and oxygen atoms in total. The number of quaternary nitrogens is 1. The highest BCUT2D eigenvalue weighted by molar-refractivity contribution is 5.03. The van der Waals surface area contributed by atoms with Crippen molar-refractivity contribution in [2.45, 2.75) is 57.7 Å². The van der Waals surface area contributed by atoms with E-state index in [2.05, 4.69) is 34.7 Å². The summed E-state index contributed by atoms with van der Waals surface area (Å²) in [5, 5.41) is 0. The van der Waals surface area contributed by atoms with Crippen molar-refractivity contribution < 1.29 is 28.5 Å². The molecule has 3 rings (SSSR count). The summed E-state index contributed by atoms with van der Waals surface area (Å²) in [5.74, 6) is 1.33. The second-order valence-corrected chi connectivity index (χ2v) is 7.88. The van der Waals surface area contributed by atoms with Gasteiger partial charge < -0.3 is 39.9 Å². The molecule has 108 valence electrons. The quantitative estimate of drug-likeness (QED) is 0.453. The molecule has 0 aliphatic carbocycles. The van der Waals surface area contributed by atoms with Gasteiger partial charge in [0.1, 0.15) is 6.04 Å². The summed E-state index contributed by atoms with van der Waals surface area (Å²) in [4.78, 5) is 0. The predicted molar refractivity (Wildman–Crippen MR) is 72.5 cm³/mol. The summed E-state index contributed by atoms with van der Waals surface area (Å²) < 4.78 is 1.13. The van der Waals surface area contributed by atoms with E-state index in [1.807, 2.05) is 0 Å². The summed E-state index contributed by atoms with van der Waals surface area (Å²) >= 11 is 0. The molecule has 18 heavy (non-hydrogen) atoms. The fraction of sp³-hybridized carbons (Fsp3) is 1.00. The Morgan fingerprint density at radius 1 is 0.944 bits per heavy atom. The molecule has 4 heteroatoms. The van der Waals surface area contributed by atoms with Gasteiger partial charge in [-0.25, -0.2) is 0 Å². The normalized spacial score (nSPS) is 40.5. The lowest BCUT2D eigenvalue weighted by atomic mass is 9.60. The molecule has 3 saturated heterocycles. The largest absolute Gasteiger partial charge is 1.00 e. The molecule has 2 unspecified atom stereocenters. The Kier molecular flexibility index (Phi) is 4.50. The van der Waals surface area contributed by atoms with Crippen LogP contribution in [0.1, 0.15) is 40.5 Å². The van der Waals surface area contributed by atoms with Gasteiger partial charge in [-0.2, -0.15) is 0 Å². The first-order chi connectivity index (χ1) is 7.56. The minimum Gasteiger partial charge on any atom is -1.00 e. The van der Waals surface area contributed by atoms with Gasteiger partial charge in [0.15, 0.2) is 0 Å². The van der Waals surface area contributed by atoms with Crippen LogP contribution in [-0.2, 0) is 0 Å². The van der Waals surface area contributed by atoms with E-state index in [9.17, 15) is 0 Å². The SMILES string of the molecule is CC(C)(N)C1C2CC[N+](C)(CC2)C1C(C)(C)N.[I-]. The minimum absolute atomic E-state index is 0. The molecule has 3 aliphatic heterocycles. The fourth-order valence-electron chi connectivity index (χ4n) is 4.74. The molecule has 3 fully saturated rings. The number of hydrogen-bond donors (Lipinski definition) is 2. The number of fused-ring (bicyclic) bond motifs is 3. The first-order valence-electron chi connectivity index (χ1n) is 6.98. The molecule has 0 amide bonds. The van der Waals surface area contributed by atoms with Crippen LogP contribution in [0.2, 0.25) is 0 Å². The number of hydrogen-bond acceptors (Lipinski definition) is 2. The van der Waals surface area contributed by atoms with Crippen LogP contribution in [-0.4, -0.2) is 41.7 Å². The predicted octanol–water partition coefficient (Wildman–Crippen LogP) is -1.68. The van der Waals surface area contributed by atoms with Crippen molar-refractivity contribution in [3.8, 4) is 0 Å². The summed E-state index contributed by atoms with van der Waals surface area (Å²) in [6.45, 7) is 11.3. The average molecular weight is 367 g/mol. The average Bonchev–Trinajstić information content (AvgIpc) is 2.13. The lowest BCUT2D eigenvalue weighted by Crippen LogP contribution is -3.00. The van der Waals surface area contributed by atoms with Crippen LogP contribution in [0.5, 0.6) is 0 Å². The summed E-state index contributed by atoms with van der Waals surface area (Å²) in [7, 11) is 2.38. The van der Waals surface area contributed by atoms with E-state index < -0.39 is 0 Å². The molecule has 0 aromatic carbocycles. The van der Waals surface area contributed by atoms with Gasteiger partial charge in [0.05, 0.1) is 25.7 Å². The summed E-state index contributed by atoms with van der Waals surface area (Å²) in [6.07, 6.45) is 2.66. The van der Waals surface area contributed by atoms with Crippen molar-refractivity contribution in [2.75, 3.05) is 20.1 Å². The third kappa shape index (κ3) is 2.72. The van der Waals surface area contributed by atoms with E-state index >= 15 is 0 Å². The lowest BCUT2D eigenvalue weighted by Gasteiger charge is -2.62. The van der Waals surface area contributed by atoms with Gasteiger partial charge in [-0.05, 0) is 33.6 Å². The number of nitrogens with two attached hydrogens (primary N) is 2. The maximum absolute atomic E-state index is 6.50. The second-order valence-electron chi connectivity index (χ2n) is 7.88. The molecule has 4 N–H and O–H groups in total. The van der Waals surface area contributed by atoms with Gasteiger partial charge in [-0.15, -0.1) is 0 Å². The number of rotatable bonds is 2. The Morgan fingerprint density at radius 2 is 1.39 bits per heavy atom. The van der Waals surface area contributed by atoms with Gasteiger partial charge in [-0.3, -0.25) is 0 Å². The standard InChI is InChI=1S/C14H30N3.HI/c1-13(2,15)11-10-6-8-17(5,9-7-10)12(11)14(3,4)16;/h10-12H,6-9,15-16H2,1-5H3;1H/q+1;/p-1. The molecule has 0 aromatic rings. The van der Waals surface area contributed by atoms with E-state index in [0.717, 1.165) is 10.4 Å². The van der Waals surface area contributed by atoms with Gasteiger partial charge in [0.2, 0.25) is 0 Å². The van der Waals surface area contributed by atoms with Crippen LogP contribution in [0, 0.1) is 11.8 Å². The van der Waals surface area contributed by atoms with Gasteiger partial charge in [0, 0.05) is 24.3 Å². The number of likely N-dealkylation sites (N-methyl/N-ethyl adjacent to an activating group) is 1. The summed E-state index contributed by atoms with van der Waals surface area (Å²) in [5.41, 5.74) is 12.7. The monoisotopic (exact) mass is 367 g/mol. The Hall–Kier alpha value is 0.610. The van der Waals surface area contributed by atoms with Crippen LogP contribution in [0.25, 0.3) is 0 Å². The highest BCUT2D eigenvalue weighted by Gasteiger charge is 2.59. The van der Waals surface area contributed by atoms with Crippen LogP contribution < -0.4 is 35.4 Å². The van der Waals surface area contributed by atoms with Crippen molar-refractivity contribution in [3.63, 3.8) is 0 Å².